The number of nitrogens with two attached hydrogens (primary N) is 1. The lowest BCUT2D eigenvalue weighted by atomic mass is 9.68. The quantitative estimate of drug-likeness (QED) is 0.614. The summed E-state index contributed by atoms with van der Waals surface area (Å²) < 4.78 is 0. The predicted molar refractivity (Wildman–Crippen MR) is 43.9 cm³/mol. The summed E-state index contributed by atoms with van der Waals surface area (Å²) in [5.41, 5.74) is 6.04. The molecule has 0 bridgehead atoms. The fourth-order valence-corrected chi connectivity index (χ4v) is 1.95. The van der Waals surface area contributed by atoms with Crippen molar-refractivity contribution in [1.82, 2.24) is 4.90 Å². The lowest BCUT2D eigenvalue weighted by Gasteiger charge is -2.50. The van der Waals surface area contributed by atoms with Gasteiger partial charge in [0, 0.05) is 12.1 Å². The largest absolute Gasteiger partial charge is 0.329 e. The second-order valence-corrected chi connectivity index (χ2v) is 3.84. The van der Waals surface area contributed by atoms with E-state index < -0.39 is 0 Å². The second-order valence-electron chi connectivity index (χ2n) is 3.84. The molecule has 1 rings (SSSR count). The van der Waals surface area contributed by atoms with Crippen LogP contribution < -0.4 is 5.73 Å². The highest BCUT2D eigenvalue weighted by atomic mass is 15.2. The van der Waals surface area contributed by atoms with Crippen molar-refractivity contribution in [2.24, 2.45) is 11.7 Å². The number of hydrogen-bond donors (Lipinski definition) is 1. The molecule has 60 valence electrons. The third kappa shape index (κ3) is 1.06. The highest BCUT2D eigenvalue weighted by molar-refractivity contribution is 4.99. The average Bonchev–Trinajstić information content (AvgIpc) is 1.79. The molecule has 0 saturated heterocycles. The van der Waals surface area contributed by atoms with Crippen molar-refractivity contribution in [2.45, 2.75) is 25.3 Å². The Morgan fingerprint density at radius 2 is 2.00 bits per heavy atom. The van der Waals surface area contributed by atoms with Crippen molar-refractivity contribution < 1.29 is 0 Å². The Morgan fingerprint density at radius 3 is 2.10 bits per heavy atom. The van der Waals surface area contributed by atoms with Gasteiger partial charge in [-0.15, -0.1) is 0 Å². The molecule has 1 saturated carbocycles. The summed E-state index contributed by atoms with van der Waals surface area (Å²) in [6, 6.07) is 0. The fourth-order valence-electron chi connectivity index (χ4n) is 1.95. The van der Waals surface area contributed by atoms with E-state index in [2.05, 4.69) is 25.9 Å². The van der Waals surface area contributed by atoms with Crippen molar-refractivity contribution >= 4 is 0 Å². The molecule has 0 aliphatic heterocycles. The SMILES string of the molecule is CC1CC(CN)(N(C)C)C1. The van der Waals surface area contributed by atoms with Crippen molar-refractivity contribution in [3.05, 3.63) is 0 Å². The molecule has 1 aliphatic rings. The molecule has 0 amide bonds. The molecular weight excluding hydrogens is 124 g/mol. The van der Waals surface area contributed by atoms with Crippen molar-refractivity contribution in [3.63, 3.8) is 0 Å². The molecule has 0 aromatic carbocycles. The maximum atomic E-state index is 5.69. The lowest BCUT2D eigenvalue weighted by Crippen LogP contribution is -2.58. The van der Waals surface area contributed by atoms with Gasteiger partial charge >= 0.3 is 0 Å². The number of rotatable bonds is 2. The maximum Gasteiger partial charge on any atom is 0.0330 e. The monoisotopic (exact) mass is 142 g/mol. The van der Waals surface area contributed by atoms with Gasteiger partial charge in [-0.2, -0.15) is 0 Å². The molecule has 0 aromatic rings. The summed E-state index contributed by atoms with van der Waals surface area (Å²) in [7, 11) is 4.25. The minimum Gasteiger partial charge on any atom is -0.329 e. The van der Waals surface area contributed by atoms with Crippen LogP contribution in [0.4, 0.5) is 0 Å². The average molecular weight is 142 g/mol. The molecular formula is C8H18N2. The van der Waals surface area contributed by atoms with Crippen LogP contribution in [0.3, 0.4) is 0 Å². The van der Waals surface area contributed by atoms with E-state index in [0.29, 0.717) is 5.54 Å². The zero-order valence-electron chi connectivity index (χ0n) is 7.22. The number of nitrogens with zero attached hydrogens (tertiary/aromatic N) is 1. The third-order valence-electron chi connectivity index (χ3n) is 2.79. The molecule has 0 atom stereocenters. The minimum atomic E-state index is 0.347. The Hall–Kier alpha value is -0.0800. The van der Waals surface area contributed by atoms with E-state index in [9.17, 15) is 0 Å². The molecule has 0 heterocycles. The van der Waals surface area contributed by atoms with Crippen LogP contribution in [-0.2, 0) is 0 Å². The van der Waals surface area contributed by atoms with Crippen molar-refractivity contribution in [2.75, 3.05) is 20.6 Å². The summed E-state index contributed by atoms with van der Waals surface area (Å²) in [5, 5.41) is 0. The van der Waals surface area contributed by atoms with E-state index >= 15 is 0 Å². The van der Waals surface area contributed by atoms with Gasteiger partial charge in [-0.05, 0) is 32.9 Å². The van der Waals surface area contributed by atoms with Gasteiger partial charge < -0.3 is 10.6 Å². The summed E-state index contributed by atoms with van der Waals surface area (Å²) >= 11 is 0. The van der Waals surface area contributed by atoms with E-state index in [1.807, 2.05) is 0 Å². The van der Waals surface area contributed by atoms with Crippen LogP contribution in [0.5, 0.6) is 0 Å². The predicted octanol–water partition coefficient (Wildman–Crippen LogP) is 0.675. The normalized spacial score (nSPS) is 39.9. The van der Waals surface area contributed by atoms with Gasteiger partial charge in [-0.3, -0.25) is 0 Å². The van der Waals surface area contributed by atoms with Crippen LogP contribution in [0.2, 0.25) is 0 Å². The highest BCUT2D eigenvalue weighted by Crippen LogP contribution is 2.39. The highest BCUT2D eigenvalue weighted by Gasteiger charge is 2.42. The smallest absolute Gasteiger partial charge is 0.0330 e. The summed E-state index contributed by atoms with van der Waals surface area (Å²) in [6.07, 6.45) is 2.55. The molecule has 0 aromatic heterocycles. The van der Waals surface area contributed by atoms with E-state index in [4.69, 9.17) is 5.73 Å². The Labute approximate surface area is 63.4 Å². The molecule has 2 heteroatoms. The summed E-state index contributed by atoms with van der Waals surface area (Å²) in [6.45, 7) is 3.10. The Balaban J connectivity index is 2.48. The Morgan fingerprint density at radius 1 is 1.50 bits per heavy atom. The van der Waals surface area contributed by atoms with Gasteiger partial charge in [-0.25, -0.2) is 0 Å². The first-order valence-electron chi connectivity index (χ1n) is 3.98. The topological polar surface area (TPSA) is 29.3 Å². The minimum absolute atomic E-state index is 0.347. The molecule has 1 fully saturated rings. The summed E-state index contributed by atoms with van der Waals surface area (Å²) in [4.78, 5) is 2.27. The number of likely N-dealkylation sites (N-methyl/N-ethyl adjacent to an activating group) is 1. The van der Waals surface area contributed by atoms with Gasteiger partial charge in [-0.1, -0.05) is 6.92 Å². The maximum absolute atomic E-state index is 5.69. The van der Waals surface area contributed by atoms with Crippen LogP contribution in [0.15, 0.2) is 0 Å². The Kier molecular flexibility index (Phi) is 2.02. The first kappa shape index (κ1) is 8.02. The molecule has 2 N–H and O–H groups in total. The van der Waals surface area contributed by atoms with Crippen LogP contribution in [0.25, 0.3) is 0 Å². The van der Waals surface area contributed by atoms with Gasteiger partial charge in [0.05, 0.1) is 0 Å². The lowest BCUT2D eigenvalue weighted by molar-refractivity contribution is 0.0241. The first-order chi connectivity index (χ1) is 4.60. The standard InChI is InChI=1S/C8H18N2/c1-7-4-8(5-7,6-9)10(2)3/h7H,4-6,9H2,1-3H3. The van der Waals surface area contributed by atoms with Crippen molar-refractivity contribution in [1.29, 1.82) is 0 Å². The van der Waals surface area contributed by atoms with Crippen LogP contribution >= 0.6 is 0 Å². The molecule has 1 aliphatic carbocycles. The van der Waals surface area contributed by atoms with Crippen LogP contribution in [-0.4, -0.2) is 31.1 Å². The van der Waals surface area contributed by atoms with Crippen LogP contribution in [0.1, 0.15) is 19.8 Å². The molecule has 0 unspecified atom stereocenters. The van der Waals surface area contributed by atoms with Gasteiger partial charge in [0.1, 0.15) is 0 Å². The molecule has 10 heavy (non-hydrogen) atoms. The number of hydrogen-bond acceptors (Lipinski definition) is 2. The first-order valence-corrected chi connectivity index (χ1v) is 3.98. The molecule has 0 spiro atoms. The van der Waals surface area contributed by atoms with E-state index in [0.717, 1.165) is 12.5 Å². The van der Waals surface area contributed by atoms with E-state index in [1.54, 1.807) is 0 Å². The molecule has 0 radical (unpaired) electrons. The fraction of sp³-hybridized carbons (Fsp3) is 1.00. The van der Waals surface area contributed by atoms with Crippen molar-refractivity contribution in [3.8, 4) is 0 Å². The van der Waals surface area contributed by atoms with Gasteiger partial charge in [0.25, 0.3) is 0 Å². The second kappa shape index (κ2) is 2.51. The molecule has 2 nitrogen and oxygen atoms in total. The summed E-state index contributed by atoms with van der Waals surface area (Å²) in [5.74, 6) is 0.881. The van der Waals surface area contributed by atoms with Gasteiger partial charge in [0.2, 0.25) is 0 Å². The van der Waals surface area contributed by atoms with Crippen LogP contribution in [0, 0.1) is 5.92 Å². The third-order valence-corrected chi connectivity index (χ3v) is 2.79. The van der Waals surface area contributed by atoms with Gasteiger partial charge in [0.15, 0.2) is 0 Å². The Bertz CT molecular complexity index is 114. The zero-order valence-corrected chi connectivity index (χ0v) is 7.22. The van der Waals surface area contributed by atoms with E-state index in [1.165, 1.54) is 12.8 Å². The van der Waals surface area contributed by atoms with E-state index in [-0.39, 0.29) is 0 Å². The zero-order chi connectivity index (χ0) is 7.78.